The standard InChI is InChI=1S/C13H19N3/c1-9-6-4-5-7-13(9)16-11(3)12(8-14)10(2)15-16/h4-7,11-12H,8,14H2,1-3H3. The maximum absolute atomic E-state index is 5.79. The maximum atomic E-state index is 5.79. The molecule has 0 spiro atoms. The van der Waals surface area contributed by atoms with Crippen LogP contribution in [0.4, 0.5) is 5.69 Å². The minimum Gasteiger partial charge on any atom is -0.330 e. The van der Waals surface area contributed by atoms with E-state index in [-0.39, 0.29) is 0 Å². The molecular weight excluding hydrogens is 198 g/mol. The maximum Gasteiger partial charge on any atom is 0.0626 e. The van der Waals surface area contributed by atoms with E-state index in [0.29, 0.717) is 18.5 Å². The van der Waals surface area contributed by atoms with Crippen molar-refractivity contribution in [1.29, 1.82) is 0 Å². The van der Waals surface area contributed by atoms with Crippen LogP contribution in [0.1, 0.15) is 19.4 Å². The molecule has 0 aromatic heterocycles. The fourth-order valence-electron chi connectivity index (χ4n) is 2.32. The van der Waals surface area contributed by atoms with E-state index in [0.717, 1.165) is 5.71 Å². The highest BCUT2D eigenvalue weighted by Crippen LogP contribution is 2.29. The van der Waals surface area contributed by atoms with Gasteiger partial charge in [0.2, 0.25) is 0 Å². The molecule has 1 heterocycles. The average molecular weight is 217 g/mol. The lowest BCUT2D eigenvalue weighted by molar-refractivity contribution is 0.571. The van der Waals surface area contributed by atoms with Gasteiger partial charge in [-0.2, -0.15) is 5.10 Å². The fourth-order valence-corrected chi connectivity index (χ4v) is 2.32. The number of aryl methyl sites for hydroxylation is 1. The van der Waals surface area contributed by atoms with Crippen molar-refractivity contribution in [3.8, 4) is 0 Å². The molecule has 0 saturated heterocycles. The summed E-state index contributed by atoms with van der Waals surface area (Å²) in [6.07, 6.45) is 0. The summed E-state index contributed by atoms with van der Waals surface area (Å²) in [7, 11) is 0. The summed E-state index contributed by atoms with van der Waals surface area (Å²) < 4.78 is 0. The molecule has 1 aromatic rings. The molecule has 3 heteroatoms. The lowest BCUT2D eigenvalue weighted by atomic mass is 9.97. The molecule has 86 valence electrons. The monoisotopic (exact) mass is 217 g/mol. The van der Waals surface area contributed by atoms with Crippen LogP contribution >= 0.6 is 0 Å². The molecule has 0 radical (unpaired) electrons. The molecule has 0 amide bonds. The first kappa shape index (κ1) is 11.1. The van der Waals surface area contributed by atoms with Gasteiger partial charge in [-0.1, -0.05) is 18.2 Å². The highest BCUT2D eigenvalue weighted by molar-refractivity contribution is 5.89. The summed E-state index contributed by atoms with van der Waals surface area (Å²) in [5, 5.41) is 6.72. The molecule has 2 atom stereocenters. The molecule has 0 saturated carbocycles. The zero-order valence-electron chi connectivity index (χ0n) is 10.1. The van der Waals surface area contributed by atoms with Gasteiger partial charge >= 0.3 is 0 Å². The van der Waals surface area contributed by atoms with Crippen LogP contribution in [0.15, 0.2) is 29.4 Å². The molecule has 0 fully saturated rings. The van der Waals surface area contributed by atoms with Crippen LogP contribution in [0.3, 0.4) is 0 Å². The van der Waals surface area contributed by atoms with Crippen molar-refractivity contribution in [2.24, 2.45) is 16.8 Å². The first-order valence-electron chi connectivity index (χ1n) is 5.75. The Morgan fingerprint density at radius 2 is 2.00 bits per heavy atom. The molecular formula is C13H19N3. The van der Waals surface area contributed by atoms with E-state index in [2.05, 4.69) is 55.1 Å². The Morgan fingerprint density at radius 3 is 2.56 bits per heavy atom. The second-order valence-electron chi connectivity index (χ2n) is 4.46. The molecule has 3 nitrogen and oxygen atoms in total. The Hall–Kier alpha value is -1.35. The number of nitrogens with zero attached hydrogens (tertiary/aromatic N) is 2. The first-order valence-corrected chi connectivity index (χ1v) is 5.75. The van der Waals surface area contributed by atoms with Crippen LogP contribution in [0.5, 0.6) is 0 Å². The number of benzene rings is 1. The number of hydrogen-bond acceptors (Lipinski definition) is 3. The third-order valence-electron chi connectivity index (χ3n) is 3.39. The van der Waals surface area contributed by atoms with Crippen LogP contribution < -0.4 is 10.7 Å². The number of rotatable bonds is 2. The van der Waals surface area contributed by atoms with E-state index in [1.54, 1.807) is 0 Å². The minimum absolute atomic E-state index is 0.353. The SMILES string of the molecule is CC1=NN(c2ccccc2C)C(C)C1CN. The second kappa shape index (κ2) is 4.26. The van der Waals surface area contributed by atoms with Crippen molar-refractivity contribution < 1.29 is 0 Å². The Balaban J connectivity index is 2.34. The topological polar surface area (TPSA) is 41.6 Å². The van der Waals surface area contributed by atoms with Gasteiger partial charge in [-0.15, -0.1) is 0 Å². The van der Waals surface area contributed by atoms with Gasteiger partial charge in [0, 0.05) is 18.2 Å². The van der Waals surface area contributed by atoms with Gasteiger partial charge < -0.3 is 5.73 Å². The van der Waals surface area contributed by atoms with Gasteiger partial charge in [-0.3, -0.25) is 5.01 Å². The Bertz CT molecular complexity index is 411. The number of anilines is 1. The summed E-state index contributed by atoms with van der Waals surface area (Å²) in [6.45, 7) is 7.03. The van der Waals surface area contributed by atoms with Gasteiger partial charge in [0.05, 0.1) is 11.7 Å². The molecule has 1 aliphatic heterocycles. The van der Waals surface area contributed by atoms with Gasteiger partial charge in [0.25, 0.3) is 0 Å². The quantitative estimate of drug-likeness (QED) is 0.824. The summed E-state index contributed by atoms with van der Waals surface area (Å²) in [5.41, 5.74) is 9.36. The lowest BCUT2D eigenvalue weighted by Gasteiger charge is -2.25. The summed E-state index contributed by atoms with van der Waals surface area (Å²) >= 11 is 0. The molecule has 0 aliphatic carbocycles. The predicted molar refractivity (Wildman–Crippen MR) is 68.8 cm³/mol. The highest BCUT2D eigenvalue weighted by Gasteiger charge is 2.31. The van der Waals surface area contributed by atoms with Gasteiger partial charge in [0.1, 0.15) is 0 Å². The Morgan fingerprint density at radius 1 is 1.31 bits per heavy atom. The van der Waals surface area contributed by atoms with Crippen LogP contribution in [0, 0.1) is 12.8 Å². The van der Waals surface area contributed by atoms with E-state index in [9.17, 15) is 0 Å². The van der Waals surface area contributed by atoms with E-state index < -0.39 is 0 Å². The zero-order chi connectivity index (χ0) is 11.7. The van der Waals surface area contributed by atoms with Crippen LogP contribution in [0.2, 0.25) is 0 Å². The normalized spacial score (nSPS) is 24.8. The van der Waals surface area contributed by atoms with Crippen molar-refractivity contribution >= 4 is 11.4 Å². The molecule has 2 N–H and O–H groups in total. The summed E-state index contributed by atoms with van der Waals surface area (Å²) in [6, 6.07) is 8.68. The molecule has 2 rings (SSSR count). The zero-order valence-corrected chi connectivity index (χ0v) is 10.1. The van der Waals surface area contributed by atoms with Crippen molar-refractivity contribution in [3.63, 3.8) is 0 Å². The second-order valence-corrected chi connectivity index (χ2v) is 4.46. The summed E-state index contributed by atoms with van der Waals surface area (Å²) in [4.78, 5) is 0. The minimum atomic E-state index is 0.353. The van der Waals surface area contributed by atoms with E-state index in [1.807, 2.05) is 0 Å². The average Bonchev–Trinajstić information content (AvgIpc) is 2.55. The third-order valence-corrected chi connectivity index (χ3v) is 3.39. The van der Waals surface area contributed by atoms with Crippen molar-refractivity contribution in [2.45, 2.75) is 26.8 Å². The molecule has 1 aromatic carbocycles. The highest BCUT2D eigenvalue weighted by atomic mass is 15.5. The van der Waals surface area contributed by atoms with E-state index >= 15 is 0 Å². The van der Waals surface area contributed by atoms with Crippen molar-refractivity contribution in [3.05, 3.63) is 29.8 Å². The van der Waals surface area contributed by atoms with Gasteiger partial charge in [0.15, 0.2) is 0 Å². The molecule has 16 heavy (non-hydrogen) atoms. The number of nitrogens with two attached hydrogens (primary N) is 1. The number of hydrazone groups is 1. The third kappa shape index (κ3) is 1.71. The smallest absolute Gasteiger partial charge is 0.0626 e. The van der Waals surface area contributed by atoms with E-state index in [4.69, 9.17) is 5.73 Å². The summed E-state index contributed by atoms with van der Waals surface area (Å²) in [5.74, 6) is 0.375. The van der Waals surface area contributed by atoms with Crippen molar-refractivity contribution in [1.82, 2.24) is 0 Å². The van der Waals surface area contributed by atoms with Gasteiger partial charge in [-0.25, -0.2) is 0 Å². The molecule has 2 unspecified atom stereocenters. The Kier molecular flexibility index (Phi) is 2.97. The van der Waals surface area contributed by atoms with Crippen LogP contribution in [-0.4, -0.2) is 18.3 Å². The fraction of sp³-hybridized carbons (Fsp3) is 0.462. The van der Waals surface area contributed by atoms with Crippen LogP contribution in [-0.2, 0) is 0 Å². The van der Waals surface area contributed by atoms with E-state index in [1.165, 1.54) is 11.3 Å². The van der Waals surface area contributed by atoms with Gasteiger partial charge in [-0.05, 0) is 32.4 Å². The molecule has 0 bridgehead atoms. The predicted octanol–water partition coefficient (Wildman–Crippen LogP) is 2.15. The van der Waals surface area contributed by atoms with Crippen LogP contribution in [0.25, 0.3) is 0 Å². The lowest BCUT2D eigenvalue weighted by Crippen LogP contribution is -2.34. The Labute approximate surface area is 96.9 Å². The largest absolute Gasteiger partial charge is 0.330 e. The number of para-hydroxylation sites is 1. The number of hydrogen-bond donors (Lipinski definition) is 1. The molecule has 1 aliphatic rings. The first-order chi connectivity index (χ1) is 7.65. The van der Waals surface area contributed by atoms with Crippen molar-refractivity contribution in [2.75, 3.05) is 11.6 Å².